The maximum absolute atomic E-state index is 12.3. The Bertz CT molecular complexity index is 862. The van der Waals surface area contributed by atoms with Crippen molar-refractivity contribution < 1.29 is 4.79 Å². The fraction of sp³-hybridized carbons (Fsp3) is 0.0526. The number of aryl methyl sites for hydroxylation is 1. The number of halogens is 1. The van der Waals surface area contributed by atoms with E-state index in [1.165, 1.54) is 0 Å². The van der Waals surface area contributed by atoms with Crippen molar-refractivity contribution in [2.24, 2.45) is 0 Å². The SMILES string of the molecule is Cc1ccccc1C(=O)Nc1ccc(Nc2cccc(Cl)c2)cn1. The van der Waals surface area contributed by atoms with Gasteiger partial charge in [0.2, 0.25) is 0 Å². The Balaban J connectivity index is 1.68. The number of rotatable bonds is 4. The molecule has 4 nitrogen and oxygen atoms in total. The summed E-state index contributed by atoms with van der Waals surface area (Å²) in [5.41, 5.74) is 3.25. The third kappa shape index (κ3) is 3.91. The van der Waals surface area contributed by atoms with E-state index in [-0.39, 0.29) is 5.91 Å². The maximum Gasteiger partial charge on any atom is 0.257 e. The molecule has 120 valence electrons. The van der Waals surface area contributed by atoms with E-state index in [1.54, 1.807) is 18.3 Å². The molecule has 5 heteroatoms. The highest BCUT2D eigenvalue weighted by Crippen LogP contribution is 2.20. The molecule has 3 aromatic rings. The minimum Gasteiger partial charge on any atom is -0.354 e. The van der Waals surface area contributed by atoms with Crippen LogP contribution in [-0.4, -0.2) is 10.9 Å². The molecular formula is C19H16ClN3O. The van der Waals surface area contributed by atoms with Crippen molar-refractivity contribution in [3.05, 3.63) is 83.0 Å². The van der Waals surface area contributed by atoms with Crippen LogP contribution in [0.2, 0.25) is 5.02 Å². The molecule has 0 spiro atoms. The van der Waals surface area contributed by atoms with Crippen LogP contribution in [0.4, 0.5) is 17.2 Å². The summed E-state index contributed by atoms with van der Waals surface area (Å²) in [7, 11) is 0. The van der Waals surface area contributed by atoms with Crippen molar-refractivity contribution in [1.82, 2.24) is 4.98 Å². The first-order chi connectivity index (χ1) is 11.6. The van der Waals surface area contributed by atoms with Gasteiger partial charge in [-0.05, 0) is 48.9 Å². The van der Waals surface area contributed by atoms with Crippen molar-refractivity contribution in [2.75, 3.05) is 10.6 Å². The molecule has 1 heterocycles. The van der Waals surface area contributed by atoms with E-state index < -0.39 is 0 Å². The molecule has 0 saturated heterocycles. The first-order valence-electron chi connectivity index (χ1n) is 7.47. The summed E-state index contributed by atoms with van der Waals surface area (Å²) in [4.78, 5) is 16.5. The zero-order valence-electron chi connectivity index (χ0n) is 13.1. The second-order valence-corrected chi connectivity index (χ2v) is 5.77. The van der Waals surface area contributed by atoms with E-state index in [2.05, 4.69) is 15.6 Å². The Morgan fingerprint density at radius 2 is 1.83 bits per heavy atom. The quantitative estimate of drug-likeness (QED) is 0.701. The summed E-state index contributed by atoms with van der Waals surface area (Å²) in [5, 5.41) is 6.67. The number of nitrogens with one attached hydrogen (secondary N) is 2. The van der Waals surface area contributed by atoms with Crippen LogP contribution in [0, 0.1) is 6.92 Å². The van der Waals surface area contributed by atoms with Crippen LogP contribution in [0.5, 0.6) is 0 Å². The first kappa shape index (κ1) is 16.0. The number of carbonyl (C=O) groups excluding carboxylic acids is 1. The number of hydrogen-bond donors (Lipinski definition) is 2. The lowest BCUT2D eigenvalue weighted by atomic mass is 10.1. The van der Waals surface area contributed by atoms with E-state index >= 15 is 0 Å². The molecule has 1 amide bonds. The molecule has 0 bridgehead atoms. The lowest BCUT2D eigenvalue weighted by Crippen LogP contribution is -2.14. The van der Waals surface area contributed by atoms with Gasteiger partial charge in [0.05, 0.1) is 11.9 Å². The Kier molecular flexibility index (Phi) is 4.77. The Labute approximate surface area is 145 Å². The van der Waals surface area contributed by atoms with Gasteiger partial charge in [0.25, 0.3) is 5.91 Å². The molecule has 0 atom stereocenters. The van der Waals surface area contributed by atoms with Crippen LogP contribution in [-0.2, 0) is 0 Å². The monoisotopic (exact) mass is 337 g/mol. The zero-order valence-corrected chi connectivity index (χ0v) is 13.8. The number of pyridine rings is 1. The highest BCUT2D eigenvalue weighted by atomic mass is 35.5. The van der Waals surface area contributed by atoms with E-state index in [1.807, 2.05) is 55.5 Å². The second-order valence-electron chi connectivity index (χ2n) is 5.34. The van der Waals surface area contributed by atoms with Crippen molar-refractivity contribution >= 4 is 34.7 Å². The number of aromatic nitrogens is 1. The fourth-order valence-electron chi connectivity index (χ4n) is 2.29. The number of hydrogen-bond acceptors (Lipinski definition) is 3. The molecule has 0 aliphatic carbocycles. The van der Waals surface area contributed by atoms with E-state index in [0.717, 1.165) is 16.9 Å². The van der Waals surface area contributed by atoms with Gasteiger partial charge in [0, 0.05) is 16.3 Å². The molecule has 0 radical (unpaired) electrons. The molecule has 2 N–H and O–H groups in total. The molecule has 2 aromatic carbocycles. The average molecular weight is 338 g/mol. The molecule has 0 fully saturated rings. The third-order valence-electron chi connectivity index (χ3n) is 3.51. The number of amides is 1. The summed E-state index contributed by atoms with van der Waals surface area (Å²) in [5.74, 6) is 0.330. The summed E-state index contributed by atoms with van der Waals surface area (Å²) in [6, 6.07) is 18.5. The van der Waals surface area contributed by atoms with Crippen LogP contribution >= 0.6 is 11.6 Å². The fourth-order valence-corrected chi connectivity index (χ4v) is 2.48. The first-order valence-corrected chi connectivity index (χ1v) is 7.85. The topological polar surface area (TPSA) is 54.0 Å². The van der Waals surface area contributed by atoms with Crippen molar-refractivity contribution in [3.8, 4) is 0 Å². The van der Waals surface area contributed by atoms with Crippen molar-refractivity contribution in [1.29, 1.82) is 0 Å². The molecule has 0 aliphatic rings. The van der Waals surface area contributed by atoms with Gasteiger partial charge in [0.1, 0.15) is 5.82 Å². The summed E-state index contributed by atoms with van der Waals surface area (Å²) < 4.78 is 0. The van der Waals surface area contributed by atoms with Gasteiger partial charge in [-0.2, -0.15) is 0 Å². The van der Waals surface area contributed by atoms with Crippen LogP contribution in [0.15, 0.2) is 66.9 Å². The Morgan fingerprint density at radius 3 is 2.54 bits per heavy atom. The Hall–Kier alpha value is -2.85. The minimum atomic E-state index is -0.170. The average Bonchev–Trinajstić information content (AvgIpc) is 2.57. The predicted molar refractivity (Wildman–Crippen MR) is 98.1 cm³/mol. The van der Waals surface area contributed by atoms with Crippen LogP contribution in [0.1, 0.15) is 15.9 Å². The highest BCUT2D eigenvalue weighted by Gasteiger charge is 2.09. The van der Waals surface area contributed by atoms with E-state index in [0.29, 0.717) is 16.4 Å². The summed E-state index contributed by atoms with van der Waals surface area (Å²) >= 11 is 5.96. The molecule has 24 heavy (non-hydrogen) atoms. The predicted octanol–water partition coefficient (Wildman–Crippen LogP) is 5.04. The smallest absolute Gasteiger partial charge is 0.257 e. The zero-order chi connectivity index (χ0) is 16.9. The lowest BCUT2D eigenvalue weighted by molar-refractivity contribution is 0.102. The number of nitrogens with zero attached hydrogens (tertiary/aromatic N) is 1. The van der Waals surface area contributed by atoms with Crippen LogP contribution < -0.4 is 10.6 Å². The van der Waals surface area contributed by atoms with Gasteiger partial charge in [-0.1, -0.05) is 35.9 Å². The Morgan fingerprint density at radius 1 is 1.00 bits per heavy atom. The van der Waals surface area contributed by atoms with Gasteiger partial charge in [0.15, 0.2) is 0 Å². The van der Waals surface area contributed by atoms with Crippen LogP contribution in [0.25, 0.3) is 0 Å². The minimum absolute atomic E-state index is 0.170. The molecule has 0 aliphatic heterocycles. The van der Waals surface area contributed by atoms with Gasteiger partial charge >= 0.3 is 0 Å². The highest BCUT2D eigenvalue weighted by molar-refractivity contribution is 6.30. The van der Waals surface area contributed by atoms with Gasteiger partial charge in [-0.3, -0.25) is 4.79 Å². The molecule has 1 aromatic heterocycles. The normalized spacial score (nSPS) is 10.2. The van der Waals surface area contributed by atoms with Gasteiger partial charge in [-0.15, -0.1) is 0 Å². The summed E-state index contributed by atoms with van der Waals surface area (Å²) in [6.07, 6.45) is 1.66. The standard InChI is InChI=1S/C19H16ClN3O/c1-13-5-2-3-8-17(13)19(24)23-18-10-9-16(12-21-18)22-15-7-4-6-14(20)11-15/h2-12,22H,1H3,(H,21,23,24). The molecule has 0 unspecified atom stereocenters. The maximum atomic E-state index is 12.3. The van der Waals surface area contributed by atoms with Gasteiger partial charge < -0.3 is 10.6 Å². The number of benzene rings is 2. The number of carbonyl (C=O) groups is 1. The lowest BCUT2D eigenvalue weighted by Gasteiger charge is -2.09. The van der Waals surface area contributed by atoms with E-state index in [9.17, 15) is 4.79 Å². The molecule has 3 rings (SSSR count). The largest absolute Gasteiger partial charge is 0.354 e. The van der Waals surface area contributed by atoms with Crippen molar-refractivity contribution in [3.63, 3.8) is 0 Å². The number of anilines is 3. The van der Waals surface area contributed by atoms with Crippen LogP contribution in [0.3, 0.4) is 0 Å². The molecular weight excluding hydrogens is 322 g/mol. The van der Waals surface area contributed by atoms with E-state index in [4.69, 9.17) is 11.6 Å². The molecule has 0 saturated carbocycles. The second kappa shape index (κ2) is 7.15. The van der Waals surface area contributed by atoms with Crippen molar-refractivity contribution in [2.45, 2.75) is 6.92 Å². The third-order valence-corrected chi connectivity index (χ3v) is 3.74. The van der Waals surface area contributed by atoms with Gasteiger partial charge in [-0.25, -0.2) is 4.98 Å². The summed E-state index contributed by atoms with van der Waals surface area (Å²) in [6.45, 7) is 1.90.